The second-order valence-corrected chi connectivity index (χ2v) is 8.00. The summed E-state index contributed by atoms with van der Waals surface area (Å²) < 4.78 is 15.9. The summed E-state index contributed by atoms with van der Waals surface area (Å²) in [4.78, 5) is 2.40. The molecule has 2 aliphatic rings. The van der Waals surface area contributed by atoms with E-state index in [1.165, 1.54) is 25.3 Å². The summed E-state index contributed by atoms with van der Waals surface area (Å²) in [5.41, 5.74) is 1.53. The van der Waals surface area contributed by atoms with Crippen molar-refractivity contribution in [3.05, 3.63) is 42.2 Å². The Hall–Kier alpha value is -2.50. The maximum Gasteiger partial charge on any atom is 0.188 e. The third kappa shape index (κ3) is 2.11. The van der Waals surface area contributed by atoms with Gasteiger partial charge in [-0.2, -0.15) is 4.52 Å². The molecule has 1 aromatic carbocycles. The van der Waals surface area contributed by atoms with E-state index in [0.29, 0.717) is 34.4 Å². The van der Waals surface area contributed by atoms with Crippen LogP contribution in [0.4, 0.5) is 10.2 Å². The van der Waals surface area contributed by atoms with Gasteiger partial charge in [0.2, 0.25) is 0 Å². The number of halogens is 1. The molecule has 1 aliphatic carbocycles. The van der Waals surface area contributed by atoms with E-state index in [-0.39, 0.29) is 5.82 Å². The molecule has 6 heteroatoms. The van der Waals surface area contributed by atoms with Gasteiger partial charge in [-0.3, -0.25) is 0 Å². The Labute approximate surface area is 151 Å². The molecule has 1 saturated heterocycles. The average Bonchev–Trinajstić information content (AvgIpc) is 2.96. The normalized spacial score (nSPS) is 21.2. The highest BCUT2D eigenvalue weighted by molar-refractivity contribution is 5.60. The Balaban J connectivity index is 1.56. The highest BCUT2D eigenvalue weighted by Gasteiger charge is 2.57. The second-order valence-electron chi connectivity index (χ2n) is 8.00. The number of benzene rings is 1. The lowest BCUT2D eigenvalue weighted by atomic mass is 9.55. The average molecular weight is 351 g/mol. The molecule has 1 saturated carbocycles. The topological polar surface area (TPSA) is 46.3 Å². The van der Waals surface area contributed by atoms with Crippen molar-refractivity contribution in [1.29, 1.82) is 0 Å². The molecule has 5 nitrogen and oxygen atoms in total. The molecule has 2 aromatic heterocycles. The molecule has 26 heavy (non-hydrogen) atoms. The smallest absolute Gasteiger partial charge is 0.188 e. The summed E-state index contributed by atoms with van der Waals surface area (Å²) >= 11 is 0. The van der Waals surface area contributed by atoms with Crippen LogP contribution in [0.5, 0.6) is 0 Å². The van der Waals surface area contributed by atoms with Crippen LogP contribution in [0.25, 0.3) is 17.0 Å². The molecule has 3 heterocycles. The zero-order valence-corrected chi connectivity index (χ0v) is 15.1. The number of hydrogen-bond donors (Lipinski definition) is 0. The molecular weight excluding hydrogens is 329 g/mol. The summed E-state index contributed by atoms with van der Waals surface area (Å²) in [5.74, 6) is 1.63. The van der Waals surface area contributed by atoms with Gasteiger partial charge < -0.3 is 4.90 Å². The number of anilines is 1. The van der Waals surface area contributed by atoms with Gasteiger partial charge in [-0.15, -0.1) is 15.3 Å². The lowest BCUT2D eigenvalue weighted by molar-refractivity contribution is 0.00570. The van der Waals surface area contributed by atoms with Gasteiger partial charge in [0.1, 0.15) is 11.6 Å². The van der Waals surface area contributed by atoms with E-state index < -0.39 is 0 Å². The first kappa shape index (κ1) is 15.7. The quantitative estimate of drug-likeness (QED) is 0.717. The van der Waals surface area contributed by atoms with Crippen molar-refractivity contribution < 1.29 is 4.39 Å². The Morgan fingerprint density at radius 3 is 2.62 bits per heavy atom. The minimum absolute atomic E-state index is 0.313. The van der Waals surface area contributed by atoms with E-state index in [9.17, 15) is 4.39 Å². The van der Waals surface area contributed by atoms with Crippen LogP contribution in [0.1, 0.15) is 33.1 Å². The molecule has 3 aromatic rings. The largest absolute Gasteiger partial charge is 0.351 e. The highest BCUT2D eigenvalue weighted by atomic mass is 19.1. The maximum absolute atomic E-state index is 14.2. The zero-order chi connectivity index (χ0) is 17.9. The predicted molar refractivity (Wildman–Crippen MR) is 98.4 cm³/mol. The maximum atomic E-state index is 14.2. The van der Waals surface area contributed by atoms with E-state index in [4.69, 9.17) is 5.10 Å². The van der Waals surface area contributed by atoms with Crippen LogP contribution in [0.3, 0.4) is 0 Å². The van der Waals surface area contributed by atoms with E-state index in [2.05, 4.69) is 28.9 Å². The van der Waals surface area contributed by atoms with Gasteiger partial charge in [0, 0.05) is 18.0 Å². The molecule has 0 radical (unpaired) electrons. The molecule has 5 rings (SSSR count). The number of fused-ring (bicyclic) bond motifs is 1. The van der Waals surface area contributed by atoms with Gasteiger partial charge in [-0.05, 0) is 43.0 Å². The van der Waals surface area contributed by atoms with Crippen molar-refractivity contribution >= 4 is 11.5 Å². The van der Waals surface area contributed by atoms with Gasteiger partial charge in [0.25, 0.3) is 0 Å². The third-order valence-corrected chi connectivity index (χ3v) is 6.09. The molecule has 1 aliphatic heterocycles. The zero-order valence-electron chi connectivity index (χ0n) is 15.1. The van der Waals surface area contributed by atoms with Crippen LogP contribution in [0, 0.1) is 17.2 Å². The fourth-order valence-electron chi connectivity index (χ4n) is 4.87. The molecular formula is C20H22FN5. The van der Waals surface area contributed by atoms with Crippen LogP contribution in [0.15, 0.2) is 36.4 Å². The van der Waals surface area contributed by atoms with Crippen molar-refractivity contribution in [3.63, 3.8) is 0 Å². The standard InChI is InChI=1S/C20H22FN5/c1-13(2)18-20(10-5-11-20)12-25(18)17-9-8-16-22-23-19(26(16)24-17)14-6-3-4-7-15(14)21/h3-4,6-9,13,18H,5,10-12H2,1-2H3/t18-/m0/s1. The first-order valence-corrected chi connectivity index (χ1v) is 9.33. The molecule has 1 spiro atoms. The Kier molecular flexibility index (Phi) is 3.33. The van der Waals surface area contributed by atoms with E-state index in [1.54, 1.807) is 22.7 Å². The summed E-state index contributed by atoms with van der Waals surface area (Å²) in [6.07, 6.45) is 3.98. The molecule has 2 fully saturated rings. The van der Waals surface area contributed by atoms with Gasteiger partial charge in [0.05, 0.1) is 5.56 Å². The van der Waals surface area contributed by atoms with Crippen molar-refractivity contribution in [2.75, 3.05) is 11.4 Å². The van der Waals surface area contributed by atoms with Crippen LogP contribution < -0.4 is 4.90 Å². The fourth-order valence-corrected chi connectivity index (χ4v) is 4.87. The van der Waals surface area contributed by atoms with Crippen LogP contribution in [-0.4, -0.2) is 32.4 Å². The predicted octanol–water partition coefficient (Wildman–Crippen LogP) is 3.95. The number of aromatic nitrogens is 4. The summed E-state index contributed by atoms with van der Waals surface area (Å²) in [5, 5.41) is 13.1. The molecule has 0 bridgehead atoms. The van der Waals surface area contributed by atoms with Gasteiger partial charge >= 0.3 is 0 Å². The van der Waals surface area contributed by atoms with Crippen molar-refractivity contribution in [2.45, 2.75) is 39.2 Å². The minimum atomic E-state index is -0.313. The fraction of sp³-hybridized carbons (Fsp3) is 0.450. The first-order valence-electron chi connectivity index (χ1n) is 9.33. The second kappa shape index (κ2) is 5.50. The minimum Gasteiger partial charge on any atom is -0.351 e. The van der Waals surface area contributed by atoms with Crippen molar-refractivity contribution in [1.82, 2.24) is 19.8 Å². The molecule has 0 amide bonds. The third-order valence-electron chi connectivity index (χ3n) is 6.09. The summed E-state index contributed by atoms with van der Waals surface area (Å²) in [6, 6.07) is 11.1. The Morgan fingerprint density at radius 2 is 1.92 bits per heavy atom. The SMILES string of the molecule is CC(C)[C@@H]1N(c2ccc3nnc(-c4ccccc4F)n3n2)CC12CCC2. The van der Waals surface area contributed by atoms with Gasteiger partial charge in [-0.25, -0.2) is 4.39 Å². The molecule has 134 valence electrons. The Morgan fingerprint density at radius 1 is 1.12 bits per heavy atom. The van der Waals surface area contributed by atoms with Gasteiger partial charge in [0.15, 0.2) is 11.5 Å². The van der Waals surface area contributed by atoms with E-state index in [0.717, 1.165) is 12.4 Å². The number of hydrogen-bond acceptors (Lipinski definition) is 4. The Bertz CT molecular complexity index is 975. The molecule has 0 unspecified atom stereocenters. The first-order chi connectivity index (χ1) is 12.6. The van der Waals surface area contributed by atoms with Crippen LogP contribution in [-0.2, 0) is 0 Å². The highest BCUT2D eigenvalue weighted by Crippen LogP contribution is 2.56. The molecule has 1 atom stereocenters. The van der Waals surface area contributed by atoms with E-state index >= 15 is 0 Å². The van der Waals surface area contributed by atoms with Gasteiger partial charge in [-0.1, -0.05) is 32.4 Å². The number of nitrogens with zero attached hydrogens (tertiary/aromatic N) is 5. The van der Waals surface area contributed by atoms with Crippen LogP contribution >= 0.6 is 0 Å². The lowest BCUT2D eigenvalue weighted by Crippen LogP contribution is -2.69. The monoisotopic (exact) mass is 351 g/mol. The van der Waals surface area contributed by atoms with Crippen molar-refractivity contribution in [3.8, 4) is 11.4 Å². The molecule has 0 N–H and O–H groups in total. The summed E-state index contributed by atoms with van der Waals surface area (Å²) in [7, 11) is 0. The number of rotatable bonds is 3. The van der Waals surface area contributed by atoms with Crippen LogP contribution in [0.2, 0.25) is 0 Å². The van der Waals surface area contributed by atoms with Crippen molar-refractivity contribution in [2.24, 2.45) is 11.3 Å². The van der Waals surface area contributed by atoms with E-state index in [1.807, 2.05) is 12.1 Å². The summed E-state index contributed by atoms with van der Waals surface area (Å²) in [6.45, 7) is 5.64. The lowest BCUT2D eigenvalue weighted by Gasteiger charge is -2.64.